The van der Waals surface area contributed by atoms with E-state index in [1.807, 2.05) is 48.5 Å². The molecule has 0 aliphatic heterocycles. The summed E-state index contributed by atoms with van der Waals surface area (Å²) in [7, 11) is 0. The number of fused-ring (bicyclic) bond motifs is 3. The van der Waals surface area contributed by atoms with E-state index >= 15 is 0 Å². The molecule has 1 atom stereocenters. The van der Waals surface area contributed by atoms with E-state index in [0.717, 1.165) is 28.3 Å². The first-order valence-electron chi connectivity index (χ1n) is 9.83. The summed E-state index contributed by atoms with van der Waals surface area (Å²) in [4.78, 5) is 23.6. The van der Waals surface area contributed by atoms with E-state index in [-0.39, 0.29) is 12.5 Å². The van der Waals surface area contributed by atoms with Crippen molar-refractivity contribution >= 4 is 12.1 Å². The minimum absolute atomic E-state index is 0.0418. The van der Waals surface area contributed by atoms with Crippen LogP contribution in [-0.2, 0) is 9.53 Å². The van der Waals surface area contributed by atoms with Crippen LogP contribution in [0.25, 0.3) is 11.1 Å². The van der Waals surface area contributed by atoms with Gasteiger partial charge in [-0.25, -0.2) is 18.0 Å². The van der Waals surface area contributed by atoms with E-state index in [9.17, 15) is 22.8 Å². The second-order valence-electron chi connectivity index (χ2n) is 7.38. The zero-order chi connectivity index (χ0) is 22.8. The number of carbonyl (C=O) groups is 2. The van der Waals surface area contributed by atoms with Gasteiger partial charge in [-0.15, -0.1) is 0 Å². The molecule has 1 aliphatic rings. The number of halogens is 3. The van der Waals surface area contributed by atoms with Crippen molar-refractivity contribution in [1.29, 1.82) is 0 Å². The molecule has 0 aromatic heterocycles. The number of hydrogen-bond acceptors (Lipinski definition) is 3. The van der Waals surface area contributed by atoms with Gasteiger partial charge in [0.2, 0.25) is 0 Å². The molecule has 4 rings (SSSR count). The standard InChI is InChI=1S/C24H18F3NO4/c25-19-10-9-17(22(26)23(19)27)20(11-21(29)30)28-24(31)32-12-18-15-7-3-1-5-13(15)14-6-2-4-8-16(14)18/h1-10,18,20H,11-12H2,(H,28,31)(H,29,30)/t20-/m1/s1. The third-order valence-electron chi connectivity index (χ3n) is 5.45. The van der Waals surface area contributed by atoms with Crippen LogP contribution >= 0.6 is 0 Å². The highest BCUT2D eigenvalue weighted by molar-refractivity contribution is 5.79. The van der Waals surface area contributed by atoms with Crippen molar-refractivity contribution in [2.75, 3.05) is 6.61 Å². The monoisotopic (exact) mass is 441 g/mol. The average Bonchev–Trinajstić information content (AvgIpc) is 3.09. The molecule has 3 aromatic rings. The van der Waals surface area contributed by atoms with E-state index in [0.29, 0.717) is 6.07 Å². The van der Waals surface area contributed by atoms with Crippen molar-refractivity contribution in [2.24, 2.45) is 0 Å². The molecule has 3 aromatic carbocycles. The van der Waals surface area contributed by atoms with E-state index in [1.54, 1.807) is 0 Å². The molecule has 0 unspecified atom stereocenters. The summed E-state index contributed by atoms with van der Waals surface area (Å²) in [6.45, 7) is -0.0418. The van der Waals surface area contributed by atoms with Crippen molar-refractivity contribution in [3.63, 3.8) is 0 Å². The number of hydrogen-bond donors (Lipinski definition) is 2. The van der Waals surface area contributed by atoms with Crippen molar-refractivity contribution in [2.45, 2.75) is 18.4 Å². The SMILES string of the molecule is O=C(O)C[C@@H](NC(=O)OCC1c2ccccc2-c2ccccc21)c1ccc(F)c(F)c1F. The van der Waals surface area contributed by atoms with Gasteiger partial charge in [0.05, 0.1) is 12.5 Å². The van der Waals surface area contributed by atoms with Crippen LogP contribution in [0.5, 0.6) is 0 Å². The number of alkyl carbamates (subject to hydrolysis) is 1. The molecule has 0 fully saturated rings. The normalized spacial score (nSPS) is 13.2. The van der Waals surface area contributed by atoms with Gasteiger partial charge in [0.15, 0.2) is 17.5 Å². The predicted molar refractivity (Wildman–Crippen MR) is 110 cm³/mol. The molecule has 1 amide bonds. The van der Waals surface area contributed by atoms with Crippen LogP contribution in [0.2, 0.25) is 0 Å². The summed E-state index contributed by atoms with van der Waals surface area (Å²) in [6, 6.07) is 15.5. The van der Waals surface area contributed by atoms with Crippen molar-refractivity contribution in [3.8, 4) is 11.1 Å². The van der Waals surface area contributed by atoms with Gasteiger partial charge < -0.3 is 15.2 Å². The van der Waals surface area contributed by atoms with Gasteiger partial charge in [0.25, 0.3) is 0 Å². The molecular formula is C24H18F3NO4. The van der Waals surface area contributed by atoms with Gasteiger partial charge in [0.1, 0.15) is 6.61 Å². The molecule has 8 heteroatoms. The smallest absolute Gasteiger partial charge is 0.407 e. The Labute approximate surface area is 181 Å². The third kappa shape index (κ3) is 4.03. The Morgan fingerprint density at radius 2 is 1.50 bits per heavy atom. The number of amides is 1. The summed E-state index contributed by atoms with van der Waals surface area (Å²) in [5.74, 6) is -6.31. The highest BCUT2D eigenvalue weighted by Crippen LogP contribution is 2.44. The molecule has 1 aliphatic carbocycles. The topological polar surface area (TPSA) is 75.6 Å². The molecular weight excluding hydrogens is 423 g/mol. The first-order chi connectivity index (χ1) is 15.4. The zero-order valence-corrected chi connectivity index (χ0v) is 16.6. The van der Waals surface area contributed by atoms with Gasteiger partial charge >= 0.3 is 12.1 Å². The molecule has 0 saturated carbocycles. The fraction of sp³-hybridized carbons (Fsp3) is 0.167. The maximum atomic E-state index is 14.2. The van der Waals surface area contributed by atoms with Gasteiger partial charge in [-0.05, 0) is 28.3 Å². The van der Waals surface area contributed by atoms with Gasteiger partial charge in [-0.3, -0.25) is 4.79 Å². The second kappa shape index (κ2) is 8.74. The van der Waals surface area contributed by atoms with Crippen molar-refractivity contribution in [1.82, 2.24) is 5.32 Å². The summed E-state index contributed by atoms with van der Waals surface area (Å²) in [5, 5.41) is 11.4. The number of rotatable bonds is 6. The molecule has 5 nitrogen and oxygen atoms in total. The van der Waals surface area contributed by atoms with Crippen LogP contribution < -0.4 is 5.32 Å². The highest BCUT2D eigenvalue weighted by atomic mass is 19.2. The average molecular weight is 441 g/mol. The minimum Gasteiger partial charge on any atom is -0.481 e. The molecule has 0 bridgehead atoms. The molecule has 0 saturated heterocycles. The van der Waals surface area contributed by atoms with Crippen molar-refractivity contribution < 1.29 is 32.6 Å². The summed E-state index contributed by atoms with van der Waals surface area (Å²) < 4.78 is 46.4. The van der Waals surface area contributed by atoms with Crippen LogP contribution in [0.15, 0.2) is 60.7 Å². The fourth-order valence-corrected chi connectivity index (χ4v) is 4.01. The lowest BCUT2D eigenvalue weighted by molar-refractivity contribution is -0.137. The van der Waals surface area contributed by atoms with Crippen LogP contribution in [-0.4, -0.2) is 23.8 Å². The van der Waals surface area contributed by atoms with E-state index in [2.05, 4.69) is 5.32 Å². The number of carbonyl (C=O) groups excluding carboxylic acids is 1. The molecule has 32 heavy (non-hydrogen) atoms. The number of carboxylic acids is 1. The number of benzene rings is 3. The van der Waals surface area contributed by atoms with Crippen LogP contribution in [0.4, 0.5) is 18.0 Å². The Kier molecular flexibility index (Phi) is 5.85. The first kappa shape index (κ1) is 21.4. The number of ether oxygens (including phenoxy) is 1. The maximum absolute atomic E-state index is 14.2. The zero-order valence-electron chi connectivity index (χ0n) is 16.6. The van der Waals surface area contributed by atoms with Gasteiger partial charge in [-0.2, -0.15) is 0 Å². The van der Waals surface area contributed by atoms with Crippen LogP contribution in [0.3, 0.4) is 0 Å². The van der Waals surface area contributed by atoms with E-state index < -0.39 is 47.5 Å². The number of nitrogens with one attached hydrogen (secondary N) is 1. The summed E-state index contributed by atoms with van der Waals surface area (Å²) >= 11 is 0. The quantitative estimate of drug-likeness (QED) is 0.519. The summed E-state index contributed by atoms with van der Waals surface area (Å²) in [5.41, 5.74) is 3.54. The highest BCUT2D eigenvalue weighted by Gasteiger charge is 2.30. The van der Waals surface area contributed by atoms with E-state index in [4.69, 9.17) is 9.84 Å². The number of aliphatic carboxylic acids is 1. The first-order valence-corrected chi connectivity index (χ1v) is 9.83. The Bertz CT molecular complexity index is 1150. The Balaban J connectivity index is 1.51. The molecule has 0 spiro atoms. The Hall–Kier alpha value is -3.81. The fourth-order valence-electron chi connectivity index (χ4n) is 4.01. The van der Waals surface area contributed by atoms with Gasteiger partial charge in [-0.1, -0.05) is 54.6 Å². The Morgan fingerprint density at radius 1 is 0.906 bits per heavy atom. The van der Waals surface area contributed by atoms with Crippen LogP contribution in [0.1, 0.15) is 35.1 Å². The second-order valence-corrected chi connectivity index (χ2v) is 7.38. The van der Waals surface area contributed by atoms with Crippen molar-refractivity contribution in [3.05, 3.63) is 94.8 Å². The Morgan fingerprint density at radius 3 is 2.09 bits per heavy atom. The largest absolute Gasteiger partial charge is 0.481 e. The molecule has 2 N–H and O–H groups in total. The third-order valence-corrected chi connectivity index (χ3v) is 5.45. The minimum atomic E-state index is -1.74. The lowest BCUT2D eigenvalue weighted by Crippen LogP contribution is -2.32. The predicted octanol–water partition coefficient (Wildman–Crippen LogP) is 5.16. The lowest BCUT2D eigenvalue weighted by atomic mass is 9.98. The molecule has 0 heterocycles. The lowest BCUT2D eigenvalue weighted by Gasteiger charge is -2.20. The van der Waals surface area contributed by atoms with E-state index in [1.165, 1.54) is 0 Å². The maximum Gasteiger partial charge on any atom is 0.407 e. The van der Waals surface area contributed by atoms with Gasteiger partial charge in [0, 0.05) is 11.5 Å². The van der Waals surface area contributed by atoms with Crippen LogP contribution in [0, 0.1) is 17.5 Å². The summed E-state index contributed by atoms with van der Waals surface area (Å²) in [6.07, 6.45) is -1.74. The molecule has 0 radical (unpaired) electrons. The number of carboxylic acid groups (broad SMARTS) is 1. The molecule has 164 valence electrons.